The van der Waals surface area contributed by atoms with E-state index in [9.17, 15) is 19.8 Å². The molecule has 0 radical (unpaired) electrons. The van der Waals surface area contributed by atoms with Crippen LogP contribution in [0.15, 0.2) is 48.5 Å². The Kier molecular flexibility index (Phi) is 9.74. The van der Waals surface area contributed by atoms with Crippen molar-refractivity contribution >= 4 is 49.7 Å². The van der Waals surface area contributed by atoms with Gasteiger partial charge in [-0.15, -0.1) is 0 Å². The molecule has 27 heavy (non-hydrogen) atoms. The van der Waals surface area contributed by atoms with Crippen molar-refractivity contribution in [1.29, 1.82) is 0 Å². The van der Waals surface area contributed by atoms with E-state index in [1.165, 1.54) is 0 Å². The first-order chi connectivity index (χ1) is 11.9. The van der Waals surface area contributed by atoms with Crippen molar-refractivity contribution in [2.75, 3.05) is 0 Å². The third-order valence-electron chi connectivity index (χ3n) is 3.91. The van der Waals surface area contributed by atoms with Gasteiger partial charge in [0, 0.05) is 11.1 Å². The standard InChI is InChI=1S/2C11H14O2.Ca/c2*1-11(2,3)9-7-5-4-6-8(9)10(12)13;/h2*4-7H,1-3H3,(H,12,13);/q;;+2/p-2. The van der Waals surface area contributed by atoms with Crippen molar-refractivity contribution < 1.29 is 19.8 Å². The van der Waals surface area contributed by atoms with Crippen molar-refractivity contribution in [3.05, 3.63) is 70.8 Å². The maximum atomic E-state index is 10.8. The summed E-state index contributed by atoms with van der Waals surface area (Å²) in [5, 5.41) is 21.5. The Bertz CT molecular complexity index is 716. The van der Waals surface area contributed by atoms with Crippen molar-refractivity contribution in [1.82, 2.24) is 0 Å². The molecule has 0 fully saturated rings. The maximum Gasteiger partial charge on any atom is 2.00 e. The summed E-state index contributed by atoms with van der Waals surface area (Å²) in [5.74, 6) is -2.21. The molecule has 0 atom stereocenters. The minimum atomic E-state index is -1.11. The number of hydrogen-bond acceptors (Lipinski definition) is 4. The molecule has 5 heteroatoms. The molecule has 0 saturated carbocycles. The summed E-state index contributed by atoms with van der Waals surface area (Å²) in [6.45, 7) is 11.9. The number of carboxylic acid groups (broad SMARTS) is 2. The molecule has 0 unspecified atom stereocenters. The first kappa shape index (κ1) is 25.6. The quantitative estimate of drug-likeness (QED) is 0.732. The zero-order chi connectivity index (χ0) is 20.1. The molecular weight excluding hydrogens is 368 g/mol. The second-order valence-electron chi connectivity index (χ2n) is 8.17. The largest absolute Gasteiger partial charge is 2.00 e. The minimum Gasteiger partial charge on any atom is -0.545 e. The second kappa shape index (κ2) is 10.3. The van der Waals surface area contributed by atoms with Crippen LogP contribution in [0.1, 0.15) is 73.4 Å². The molecule has 2 rings (SSSR count). The summed E-state index contributed by atoms with van der Waals surface area (Å²) in [4.78, 5) is 21.5. The van der Waals surface area contributed by atoms with Gasteiger partial charge in [-0.25, -0.2) is 0 Å². The van der Waals surface area contributed by atoms with Crippen LogP contribution in [-0.2, 0) is 10.8 Å². The van der Waals surface area contributed by atoms with Crippen LogP contribution in [-0.4, -0.2) is 49.7 Å². The van der Waals surface area contributed by atoms with Gasteiger partial charge >= 0.3 is 37.7 Å². The fourth-order valence-corrected chi connectivity index (χ4v) is 2.63. The van der Waals surface area contributed by atoms with E-state index >= 15 is 0 Å². The maximum absolute atomic E-state index is 10.8. The van der Waals surface area contributed by atoms with Crippen molar-refractivity contribution in [2.24, 2.45) is 0 Å². The Morgan fingerprint density at radius 1 is 0.630 bits per heavy atom. The van der Waals surface area contributed by atoms with E-state index in [0.717, 1.165) is 11.1 Å². The third-order valence-corrected chi connectivity index (χ3v) is 3.91. The number of carbonyl (C=O) groups excluding carboxylic acids is 2. The van der Waals surface area contributed by atoms with Crippen molar-refractivity contribution in [3.8, 4) is 0 Å². The summed E-state index contributed by atoms with van der Waals surface area (Å²) in [6.07, 6.45) is 0. The van der Waals surface area contributed by atoms with Gasteiger partial charge < -0.3 is 19.8 Å². The second-order valence-corrected chi connectivity index (χ2v) is 8.17. The summed E-state index contributed by atoms with van der Waals surface area (Å²) >= 11 is 0. The van der Waals surface area contributed by atoms with Gasteiger partial charge in [0.15, 0.2) is 0 Å². The van der Waals surface area contributed by atoms with E-state index in [-0.39, 0.29) is 59.7 Å². The summed E-state index contributed by atoms with van der Waals surface area (Å²) in [5.41, 5.74) is 1.89. The van der Waals surface area contributed by atoms with Gasteiger partial charge in [0.05, 0.1) is 11.9 Å². The SMILES string of the molecule is CC(C)(C)c1ccccc1C(=O)[O-].CC(C)(C)c1ccccc1C(=O)[O-].[Ca+2]. The molecular formula is C22H26CaO4. The van der Waals surface area contributed by atoms with Crippen molar-refractivity contribution in [2.45, 2.75) is 52.4 Å². The van der Waals surface area contributed by atoms with E-state index in [2.05, 4.69) is 0 Å². The number of benzene rings is 2. The third kappa shape index (κ3) is 7.65. The average molecular weight is 395 g/mol. The van der Waals surface area contributed by atoms with E-state index in [0.29, 0.717) is 0 Å². The summed E-state index contributed by atoms with van der Waals surface area (Å²) in [7, 11) is 0. The topological polar surface area (TPSA) is 80.3 Å². The predicted molar refractivity (Wildman–Crippen MR) is 105 cm³/mol. The van der Waals surface area contributed by atoms with Gasteiger partial charge in [0.25, 0.3) is 0 Å². The van der Waals surface area contributed by atoms with Crippen LogP contribution in [0, 0.1) is 0 Å². The summed E-state index contributed by atoms with van der Waals surface area (Å²) < 4.78 is 0. The van der Waals surface area contributed by atoms with Crippen LogP contribution in [0.2, 0.25) is 0 Å². The van der Waals surface area contributed by atoms with E-state index in [4.69, 9.17) is 0 Å². The molecule has 0 N–H and O–H groups in total. The first-order valence-electron chi connectivity index (χ1n) is 8.47. The molecule has 0 bridgehead atoms. The number of hydrogen-bond donors (Lipinski definition) is 0. The first-order valence-corrected chi connectivity index (χ1v) is 8.47. The molecule has 0 heterocycles. The van der Waals surface area contributed by atoms with Gasteiger partial charge in [0.2, 0.25) is 0 Å². The minimum absolute atomic E-state index is 0. The molecule has 0 saturated heterocycles. The molecule has 0 aliphatic rings. The fraction of sp³-hybridized carbons (Fsp3) is 0.364. The molecule has 0 spiro atoms. The van der Waals surface area contributed by atoms with Crippen LogP contribution in [0.4, 0.5) is 0 Å². The Labute approximate surface area is 191 Å². The molecule has 2 aromatic carbocycles. The molecule has 0 aliphatic heterocycles. The van der Waals surface area contributed by atoms with Gasteiger partial charge in [-0.3, -0.25) is 0 Å². The number of aromatic carboxylic acids is 2. The Balaban J connectivity index is 0.000000483. The fourth-order valence-electron chi connectivity index (χ4n) is 2.63. The monoisotopic (exact) mass is 394 g/mol. The average Bonchev–Trinajstić information content (AvgIpc) is 2.54. The Morgan fingerprint density at radius 2 is 0.889 bits per heavy atom. The normalized spacial score (nSPS) is 10.9. The van der Waals surface area contributed by atoms with Crippen LogP contribution >= 0.6 is 0 Å². The molecule has 2 aromatic rings. The smallest absolute Gasteiger partial charge is 0.545 e. The Morgan fingerprint density at radius 3 is 1.07 bits per heavy atom. The zero-order valence-electron chi connectivity index (χ0n) is 17.0. The van der Waals surface area contributed by atoms with Crippen LogP contribution in [0.5, 0.6) is 0 Å². The van der Waals surface area contributed by atoms with Crippen LogP contribution in [0.25, 0.3) is 0 Å². The summed E-state index contributed by atoms with van der Waals surface area (Å²) in [6, 6.07) is 13.9. The molecule has 140 valence electrons. The van der Waals surface area contributed by atoms with Crippen molar-refractivity contribution in [3.63, 3.8) is 0 Å². The zero-order valence-corrected chi connectivity index (χ0v) is 19.2. The van der Waals surface area contributed by atoms with Gasteiger partial charge in [-0.2, -0.15) is 0 Å². The number of carbonyl (C=O) groups is 2. The molecule has 0 amide bonds. The van der Waals surface area contributed by atoms with Gasteiger partial charge in [-0.05, 0) is 22.0 Å². The number of carboxylic acids is 2. The van der Waals surface area contributed by atoms with E-state index in [1.54, 1.807) is 24.3 Å². The van der Waals surface area contributed by atoms with E-state index in [1.807, 2.05) is 65.8 Å². The molecule has 0 aromatic heterocycles. The van der Waals surface area contributed by atoms with Gasteiger partial charge in [-0.1, -0.05) is 90.1 Å². The Hall–Kier alpha value is -1.36. The van der Waals surface area contributed by atoms with Crippen LogP contribution < -0.4 is 10.2 Å². The molecule has 4 nitrogen and oxygen atoms in total. The molecule has 0 aliphatic carbocycles. The van der Waals surface area contributed by atoms with E-state index < -0.39 is 11.9 Å². The predicted octanol–water partition coefficient (Wildman–Crippen LogP) is 2.31. The number of rotatable bonds is 2. The van der Waals surface area contributed by atoms with Gasteiger partial charge in [0.1, 0.15) is 0 Å². The van der Waals surface area contributed by atoms with Crippen LogP contribution in [0.3, 0.4) is 0 Å².